The van der Waals surface area contributed by atoms with Crippen LogP contribution in [-0.2, 0) is 0 Å². The van der Waals surface area contributed by atoms with Crippen LogP contribution in [0.4, 0.5) is 4.39 Å². The molecule has 0 radical (unpaired) electrons. The van der Waals surface area contributed by atoms with Gasteiger partial charge in [-0.15, -0.1) is 0 Å². The molecule has 2 nitrogen and oxygen atoms in total. The second-order valence-electron chi connectivity index (χ2n) is 2.30. The lowest BCUT2D eigenvalue weighted by atomic mass is 10.2. The zero-order valence-corrected chi connectivity index (χ0v) is 7.63. The van der Waals surface area contributed by atoms with Crippen LogP contribution < -0.4 is 0 Å². The predicted octanol–water partition coefficient (Wildman–Crippen LogP) is 2.04. The van der Waals surface area contributed by atoms with E-state index in [0.717, 1.165) is 0 Å². The van der Waals surface area contributed by atoms with Gasteiger partial charge in [0, 0.05) is 11.9 Å². The number of hydrogen-bond donors (Lipinski definition) is 1. The molecule has 0 bridgehead atoms. The first-order valence-electron chi connectivity index (χ1n) is 3.61. The first kappa shape index (κ1) is 9.75. The van der Waals surface area contributed by atoms with Gasteiger partial charge < -0.3 is 0 Å². The summed E-state index contributed by atoms with van der Waals surface area (Å²) in [5.74, 6) is -0.00875. The second kappa shape index (κ2) is 4.63. The Morgan fingerprint density at radius 1 is 1.69 bits per heavy atom. The molecule has 0 unspecified atom stereocenters. The van der Waals surface area contributed by atoms with Crippen LogP contribution in [0.5, 0.6) is 0 Å². The number of thiol groups is 1. The fourth-order valence-electron chi connectivity index (χ4n) is 0.815. The molecule has 0 saturated carbocycles. The maximum absolute atomic E-state index is 12.9. The Balaban J connectivity index is 2.97. The molecule has 1 aromatic rings. The van der Waals surface area contributed by atoms with Gasteiger partial charge in [0.05, 0.1) is 0 Å². The van der Waals surface area contributed by atoms with Gasteiger partial charge in [-0.05, 0) is 11.6 Å². The van der Waals surface area contributed by atoms with Gasteiger partial charge in [-0.3, -0.25) is 0 Å². The minimum absolute atomic E-state index is 0.178. The fourth-order valence-corrected chi connectivity index (χ4v) is 0.920. The van der Waals surface area contributed by atoms with E-state index in [2.05, 4.69) is 17.6 Å². The fraction of sp³-hybridized carbons (Fsp3) is 0.111. The summed E-state index contributed by atoms with van der Waals surface area (Å²) in [7, 11) is 0. The number of nitrogens with zero attached hydrogens (tertiary/aromatic N) is 2. The normalized spacial score (nSPS) is 10.2. The topological polar surface area (TPSA) is 36.7 Å². The van der Waals surface area contributed by atoms with Crippen molar-refractivity contribution < 1.29 is 4.39 Å². The molecule has 0 aliphatic rings. The smallest absolute Gasteiger partial charge is 0.176 e. The number of aromatic nitrogens is 1. The van der Waals surface area contributed by atoms with E-state index in [4.69, 9.17) is 5.26 Å². The highest BCUT2D eigenvalue weighted by molar-refractivity contribution is 7.80. The summed E-state index contributed by atoms with van der Waals surface area (Å²) in [5, 5.41) is 8.40. The van der Waals surface area contributed by atoms with E-state index in [1.165, 1.54) is 12.3 Å². The molecule has 0 atom stereocenters. The van der Waals surface area contributed by atoms with E-state index in [1.54, 1.807) is 18.2 Å². The van der Waals surface area contributed by atoms with Crippen molar-refractivity contribution in [1.29, 1.82) is 5.26 Å². The average molecular weight is 194 g/mol. The third kappa shape index (κ3) is 2.56. The lowest BCUT2D eigenvalue weighted by molar-refractivity contribution is 0.616. The maximum atomic E-state index is 12.9. The Morgan fingerprint density at radius 3 is 3.00 bits per heavy atom. The van der Waals surface area contributed by atoms with Gasteiger partial charge in [0.15, 0.2) is 11.5 Å². The average Bonchev–Trinajstić information content (AvgIpc) is 2.15. The van der Waals surface area contributed by atoms with Gasteiger partial charge in [0.1, 0.15) is 6.07 Å². The summed E-state index contributed by atoms with van der Waals surface area (Å²) in [6, 6.07) is 2.92. The van der Waals surface area contributed by atoms with Gasteiger partial charge >= 0.3 is 0 Å². The zero-order chi connectivity index (χ0) is 9.68. The highest BCUT2D eigenvalue weighted by Gasteiger charge is 2.01. The molecule has 0 fully saturated rings. The monoisotopic (exact) mass is 194 g/mol. The Kier molecular flexibility index (Phi) is 3.47. The molecule has 4 heteroatoms. The summed E-state index contributed by atoms with van der Waals surface area (Å²) in [5.41, 5.74) is 0.452. The molecule has 0 spiro atoms. The van der Waals surface area contributed by atoms with Crippen molar-refractivity contribution in [3.63, 3.8) is 0 Å². The van der Waals surface area contributed by atoms with Gasteiger partial charge in [-0.25, -0.2) is 9.37 Å². The lowest BCUT2D eigenvalue weighted by Crippen LogP contribution is -1.89. The molecule has 1 rings (SSSR count). The Labute approximate surface area is 81.1 Å². The number of hydrogen-bond acceptors (Lipinski definition) is 3. The first-order valence-corrected chi connectivity index (χ1v) is 4.24. The minimum atomic E-state index is -0.594. The van der Waals surface area contributed by atoms with Crippen LogP contribution in [0.15, 0.2) is 18.3 Å². The predicted molar refractivity (Wildman–Crippen MR) is 51.8 cm³/mol. The van der Waals surface area contributed by atoms with E-state index < -0.39 is 5.82 Å². The van der Waals surface area contributed by atoms with Crippen molar-refractivity contribution in [1.82, 2.24) is 4.98 Å². The number of pyridine rings is 1. The minimum Gasteiger partial charge on any atom is -0.242 e. The van der Waals surface area contributed by atoms with Crippen molar-refractivity contribution in [3.05, 3.63) is 35.4 Å². The molecular formula is C9H7FN2S. The van der Waals surface area contributed by atoms with Gasteiger partial charge in [-0.1, -0.05) is 12.2 Å². The lowest BCUT2D eigenvalue weighted by Gasteiger charge is -1.94. The van der Waals surface area contributed by atoms with E-state index in [0.29, 0.717) is 11.3 Å². The molecule has 0 amide bonds. The van der Waals surface area contributed by atoms with Crippen molar-refractivity contribution in [3.8, 4) is 6.07 Å². The van der Waals surface area contributed by atoms with Crippen molar-refractivity contribution in [2.45, 2.75) is 0 Å². The molecule has 13 heavy (non-hydrogen) atoms. The van der Waals surface area contributed by atoms with E-state index in [1.807, 2.05) is 0 Å². The number of rotatable bonds is 2. The Morgan fingerprint density at radius 2 is 2.46 bits per heavy atom. The van der Waals surface area contributed by atoms with Gasteiger partial charge in [0.25, 0.3) is 0 Å². The summed E-state index contributed by atoms with van der Waals surface area (Å²) < 4.78 is 12.9. The number of halogens is 1. The molecule has 1 heterocycles. The number of nitriles is 1. The second-order valence-corrected chi connectivity index (χ2v) is 2.66. The van der Waals surface area contributed by atoms with Gasteiger partial charge in [0.2, 0.25) is 0 Å². The summed E-state index contributed by atoms with van der Waals surface area (Å²) in [6.45, 7) is 0. The molecule has 66 valence electrons. The van der Waals surface area contributed by atoms with E-state index in [9.17, 15) is 4.39 Å². The van der Waals surface area contributed by atoms with E-state index >= 15 is 0 Å². The summed E-state index contributed by atoms with van der Waals surface area (Å²) in [4.78, 5) is 3.64. The molecule has 0 aromatic carbocycles. The van der Waals surface area contributed by atoms with Crippen molar-refractivity contribution in [2.75, 3.05) is 5.75 Å². The van der Waals surface area contributed by atoms with Gasteiger partial charge in [-0.2, -0.15) is 17.9 Å². The quantitative estimate of drug-likeness (QED) is 0.731. The van der Waals surface area contributed by atoms with Crippen LogP contribution in [0.2, 0.25) is 0 Å². The van der Waals surface area contributed by atoms with Crippen LogP contribution in [0.3, 0.4) is 0 Å². The molecule has 0 aliphatic carbocycles. The third-order valence-electron chi connectivity index (χ3n) is 1.38. The summed E-state index contributed by atoms with van der Waals surface area (Å²) in [6.07, 6.45) is 4.91. The van der Waals surface area contributed by atoms with Crippen molar-refractivity contribution >= 4 is 18.7 Å². The Bertz CT molecular complexity index is 368. The van der Waals surface area contributed by atoms with E-state index in [-0.39, 0.29) is 5.69 Å². The SMILES string of the molecule is N#Cc1ncc(C=CCS)cc1F. The van der Waals surface area contributed by atoms with Crippen LogP contribution in [0, 0.1) is 17.1 Å². The van der Waals surface area contributed by atoms with Crippen LogP contribution >= 0.6 is 12.6 Å². The standard InChI is InChI=1S/C9H7FN2S/c10-8-4-7(2-1-3-13)6-12-9(8)5-11/h1-2,4,6,13H,3H2. The maximum Gasteiger partial charge on any atom is 0.176 e. The third-order valence-corrected chi connectivity index (χ3v) is 1.59. The summed E-state index contributed by atoms with van der Waals surface area (Å²) >= 11 is 3.96. The highest BCUT2D eigenvalue weighted by atomic mass is 32.1. The van der Waals surface area contributed by atoms with Crippen LogP contribution in [0.25, 0.3) is 6.08 Å². The van der Waals surface area contributed by atoms with Crippen LogP contribution in [0.1, 0.15) is 11.3 Å². The van der Waals surface area contributed by atoms with Crippen molar-refractivity contribution in [2.24, 2.45) is 0 Å². The first-order chi connectivity index (χ1) is 6.27. The largest absolute Gasteiger partial charge is 0.242 e. The Hall–Kier alpha value is -1.34. The molecule has 1 aromatic heterocycles. The molecular weight excluding hydrogens is 187 g/mol. The molecule has 0 aliphatic heterocycles. The highest BCUT2D eigenvalue weighted by Crippen LogP contribution is 2.07. The molecule has 0 saturated heterocycles. The zero-order valence-electron chi connectivity index (χ0n) is 6.74. The molecule has 0 N–H and O–H groups in total. The van der Waals surface area contributed by atoms with Crippen LogP contribution in [-0.4, -0.2) is 10.7 Å².